The number of Topliss-reactive ketones (excluding diaryl/α,β-unsaturated/α-hetero) is 1. The minimum absolute atomic E-state index is 0.0960. The Kier molecular flexibility index (Phi) is 1.69. The van der Waals surface area contributed by atoms with Crippen molar-refractivity contribution in [2.24, 2.45) is 0 Å². The molecule has 1 aromatic rings. The summed E-state index contributed by atoms with van der Waals surface area (Å²) in [7, 11) is 0. The first-order valence-electron chi connectivity index (χ1n) is 3.89. The molecule has 0 aromatic heterocycles. The molecule has 62 valence electrons. The van der Waals surface area contributed by atoms with E-state index in [0.717, 1.165) is 10.4 Å². The standard InChI is InChI=1S/C11H6O2/c12-7-10-5-8-3-1-2-4-9(8)6-11(10)13/h1-6H. The first-order valence-corrected chi connectivity index (χ1v) is 3.89. The summed E-state index contributed by atoms with van der Waals surface area (Å²) in [6.07, 6.45) is 3.01. The van der Waals surface area contributed by atoms with Gasteiger partial charge in [0.05, 0.1) is 0 Å². The molecule has 0 spiro atoms. The fraction of sp³-hybridized carbons (Fsp3) is 0. The molecule has 0 saturated carbocycles. The third-order valence-electron chi connectivity index (χ3n) is 1.96. The third kappa shape index (κ3) is 1.24. The van der Waals surface area contributed by atoms with Crippen molar-refractivity contribution in [2.75, 3.05) is 0 Å². The van der Waals surface area contributed by atoms with Gasteiger partial charge in [-0.25, -0.2) is 4.79 Å². The fourth-order valence-corrected chi connectivity index (χ4v) is 1.30. The summed E-state index contributed by atoms with van der Waals surface area (Å²) in [6.45, 7) is 0. The smallest absolute Gasteiger partial charge is 0.197 e. The maximum Gasteiger partial charge on any atom is 0.197 e. The molecule has 0 radical (unpaired) electrons. The lowest BCUT2D eigenvalue weighted by Gasteiger charge is -1.98. The molecule has 2 rings (SSSR count). The Labute approximate surface area is 74.5 Å². The molecule has 0 fully saturated rings. The Morgan fingerprint density at radius 1 is 1.00 bits per heavy atom. The summed E-state index contributed by atoms with van der Waals surface area (Å²) in [4.78, 5) is 21.5. The number of carbonyl (C=O) groups is 1. The molecule has 2 nitrogen and oxygen atoms in total. The maximum atomic E-state index is 11.2. The fourth-order valence-electron chi connectivity index (χ4n) is 1.30. The Hall–Kier alpha value is -1.92. The number of fused-ring (bicyclic) bond motifs is 1. The van der Waals surface area contributed by atoms with Crippen LogP contribution in [0.1, 0.15) is 0 Å². The molecular weight excluding hydrogens is 164 g/mol. The van der Waals surface area contributed by atoms with E-state index in [1.165, 1.54) is 6.08 Å². The van der Waals surface area contributed by atoms with Gasteiger partial charge in [0.1, 0.15) is 11.5 Å². The van der Waals surface area contributed by atoms with Gasteiger partial charge in [0.25, 0.3) is 0 Å². The Balaban J connectivity index is 2.88. The molecule has 1 aliphatic rings. The molecule has 0 N–H and O–H groups in total. The van der Waals surface area contributed by atoms with Crippen molar-refractivity contribution in [3.8, 4) is 0 Å². The van der Waals surface area contributed by atoms with E-state index < -0.39 is 0 Å². The summed E-state index contributed by atoms with van der Waals surface area (Å²) in [6, 6.07) is 7.41. The number of allylic oxidation sites excluding steroid dienone is 1. The molecule has 0 atom stereocenters. The van der Waals surface area contributed by atoms with Crippen LogP contribution in [-0.2, 0) is 9.59 Å². The van der Waals surface area contributed by atoms with Crippen molar-refractivity contribution in [1.29, 1.82) is 0 Å². The minimum atomic E-state index is -0.270. The van der Waals surface area contributed by atoms with Crippen LogP contribution in [0.15, 0.2) is 29.8 Å². The quantitative estimate of drug-likeness (QED) is 0.392. The van der Waals surface area contributed by atoms with Crippen LogP contribution in [0.2, 0.25) is 0 Å². The number of rotatable bonds is 0. The van der Waals surface area contributed by atoms with Crippen LogP contribution in [-0.4, -0.2) is 11.7 Å². The average Bonchev–Trinajstić information content (AvgIpc) is 2.17. The van der Waals surface area contributed by atoms with E-state index in [4.69, 9.17) is 0 Å². The van der Waals surface area contributed by atoms with Gasteiger partial charge in [-0.1, -0.05) is 24.3 Å². The van der Waals surface area contributed by atoms with Crippen LogP contribution in [0.4, 0.5) is 0 Å². The largest absolute Gasteiger partial charge is 0.288 e. The van der Waals surface area contributed by atoms with Crippen molar-refractivity contribution in [3.05, 3.63) is 40.3 Å². The lowest BCUT2D eigenvalue weighted by Crippen LogP contribution is -2.29. The van der Waals surface area contributed by atoms with Gasteiger partial charge in [-0.2, -0.15) is 0 Å². The number of carbonyl (C=O) groups excluding carboxylic acids is 2. The summed E-state index contributed by atoms with van der Waals surface area (Å²) in [5, 5.41) is 1.74. The van der Waals surface area contributed by atoms with Crippen molar-refractivity contribution in [1.82, 2.24) is 0 Å². The molecule has 0 unspecified atom stereocenters. The van der Waals surface area contributed by atoms with Gasteiger partial charge in [0.2, 0.25) is 0 Å². The molecular formula is C11H6O2. The van der Waals surface area contributed by atoms with E-state index in [2.05, 4.69) is 0 Å². The van der Waals surface area contributed by atoms with Crippen molar-refractivity contribution in [3.63, 3.8) is 0 Å². The number of benzene rings is 1. The van der Waals surface area contributed by atoms with E-state index in [1.807, 2.05) is 24.3 Å². The van der Waals surface area contributed by atoms with Crippen LogP contribution >= 0.6 is 0 Å². The third-order valence-corrected chi connectivity index (χ3v) is 1.96. The lowest BCUT2D eigenvalue weighted by molar-refractivity contribution is -0.109. The first-order chi connectivity index (χ1) is 6.31. The second kappa shape index (κ2) is 2.85. The van der Waals surface area contributed by atoms with E-state index in [1.54, 1.807) is 12.0 Å². The highest BCUT2D eigenvalue weighted by molar-refractivity contribution is 6.26. The zero-order valence-electron chi connectivity index (χ0n) is 6.78. The van der Waals surface area contributed by atoms with Crippen LogP contribution in [0.25, 0.3) is 12.2 Å². The molecule has 0 bridgehead atoms. The highest BCUT2D eigenvalue weighted by atomic mass is 16.1. The first kappa shape index (κ1) is 7.71. The van der Waals surface area contributed by atoms with Crippen molar-refractivity contribution in [2.45, 2.75) is 0 Å². The average molecular weight is 170 g/mol. The van der Waals surface area contributed by atoms with Crippen LogP contribution in [0.5, 0.6) is 0 Å². The van der Waals surface area contributed by atoms with Crippen LogP contribution in [0, 0.1) is 0 Å². The highest BCUT2D eigenvalue weighted by Crippen LogP contribution is 1.96. The maximum absolute atomic E-state index is 11.2. The zero-order valence-corrected chi connectivity index (χ0v) is 6.78. The van der Waals surface area contributed by atoms with Crippen LogP contribution in [0.3, 0.4) is 0 Å². The zero-order chi connectivity index (χ0) is 9.26. The molecule has 2 heteroatoms. The predicted molar refractivity (Wildman–Crippen MR) is 48.8 cm³/mol. The van der Waals surface area contributed by atoms with Gasteiger partial charge < -0.3 is 0 Å². The van der Waals surface area contributed by atoms with Gasteiger partial charge in [-0.15, -0.1) is 0 Å². The van der Waals surface area contributed by atoms with E-state index >= 15 is 0 Å². The van der Waals surface area contributed by atoms with E-state index in [9.17, 15) is 9.59 Å². The van der Waals surface area contributed by atoms with Gasteiger partial charge in [0, 0.05) is 0 Å². The molecule has 0 amide bonds. The normalized spacial score (nSPS) is 13.8. The van der Waals surface area contributed by atoms with E-state index in [0.29, 0.717) is 0 Å². The number of ketones is 1. The molecule has 13 heavy (non-hydrogen) atoms. The van der Waals surface area contributed by atoms with Gasteiger partial charge in [-0.3, -0.25) is 4.79 Å². The number of hydrogen-bond donors (Lipinski definition) is 0. The Morgan fingerprint density at radius 3 is 2.23 bits per heavy atom. The second-order valence-corrected chi connectivity index (χ2v) is 2.80. The van der Waals surface area contributed by atoms with Crippen molar-refractivity contribution >= 4 is 23.9 Å². The van der Waals surface area contributed by atoms with Gasteiger partial charge >= 0.3 is 0 Å². The van der Waals surface area contributed by atoms with E-state index in [-0.39, 0.29) is 11.4 Å². The summed E-state index contributed by atoms with van der Waals surface area (Å²) in [5.41, 5.74) is 0.0960. The molecule has 1 aliphatic carbocycles. The van der Waals surface area contributed by atoms with Crippen molar-refractivity contribution < 1.29 is 9.59 Å². The predicted octanol–water partition coefficient (Wildman–Crippen LogP) is -0.412. The Morgan fingerprint density at radius 2 is 1.62 bits per heavy atom. The topological polar surface area (TPSA) is 34.1 Å². The SMILES string of the molecule is O=C=C1C=c2ccccc2=CC1=O. The van der Waals surface area contributed by atoms with Gasteiger partial charge in [0.15, 0.2) is 5.78 Å². The summed E-state index contributed by atoms with van der Waals surface area (Å²) < 4.78 is 0. The Bertz CT molecular complexity index is 531. The van der Waals surface area contributed by atoms with Gasteiger partial charge in [-0.05, 0) is 22.6 Å². The molecule has 1 aromatic carbocycles. The monoisotopic (exact) mass is 170 g/mol. The lowest BCUT2D eigenvalue weighted by atomic mass is 10.0. The second-order valence-electron chi connectivity index (χ2n) is 2.80. The minimum Gasteiger partial charge on any atom is -0.288 e. The summed E-state index contributed by atoms with van der Waals surface area (Å²) >= 11 is 0. The summed E-state index contributed by atoms with van der Waals surface area (Å²) in [5.74, 6) is 1.36. The number of hydrogen-bond acceptors (Lipinski definition) is 2. The molecule has 0 saturated heterocycles. The molecule has 0 heterocycles. The highest BCUT2D eigenvalue weighted by Gasteiger charge is 2.08. The molecule has 0 aliphatic heterocycles. The van der Waals surface area contributed by atoms with Crippen LogP contribution < -0.4 is 10.4 Å².